The first kappa shape index (κ1) is 10.7. The Labute approximate surface area is 83.0 Å². The number of carboxylic acids is 1. The fraction of sp³-hybridized carbons (Fsp3) is 0.364. The molecular formula is C11H14O3. The molecule has 1 unspecified atom stereocenters. The van der Waals surface area contributed by atoms with Crippen LogP contribution < -0.4 is 0 Å². The predicted octanol–water partition coefficient (Wildman–Crippen LogP) is 1.81. The van der Waals surface area contributed by atoms with E-state index >= 15 is 0 Å². The molecule has 1 aromatic rings. The molecule has 1 atom stereocenters. The molecule has 3 heteroatoms. The van der Waals surface area contributed by atoms with Gasteiger partial charge >= 0.3 is 5.97 Å². The SMILES string of the molecule is Cc1ccc(C(O)CC(=O)O)cc1C. The van der Waals surface area contributed by atoms with Crippen LogP contribution in [0.3, 0.4) is 0 Å². The summed E-state index contributed by atoms with van der Waals surface area (Å²) in [6.07, 6.45) is -1.16. The largest absolute Gasteiger partial charge is 0.481 e. The van der Waals surface area contributed by atoms with E-state index in [2.05, 4.69) is 0 Å². The van der Waals surface area contributed by atoms with Gasteiger partial charge in [0.05, 0.1) is 12.5 Å². The van der Waals surface area contributed by atoms with Crippen molar-refractivity contribution in [3.8, 4) is 0 Å². The number of carbonyl (C=O) groups is 1. The van der Waals surface area contributed by atoms with Gasteiger partial charge in [-0.25, -0.2) is 0 Å². The van der Waals surface area contributed by atoms with Gasteiger partial charge in [-0.15, -0.1) is 0 Å². The number of carboxylic acid groups (broad SMARTS) is 1. The molecule has 14 heavy (non-hydrogen) atoms. The van der Waals surface area contributed by atoms with Gasteiger partial charge in [-0.2, -0.15) is 0 Å². The lowest BCUT2D eigenvalue weighted by molar-refractivity contribution is -0.139. The predicted molar refractivity (Wildman–Crippen MR) is 53.1 cm³/mol. The summed E-state index contributed by atoms with van der Waals surface area (Å²) in [6.45, 7) is 3.91. The van der Waals surface area contributed by atoms with Crippen molar-refractivity contribution in [1.82, 2.24) is 0 Å². The Morgan fingerprint density at radius 3 is 2.50 bits per heavy atom. The van der Waals surface area contributed by atoms with Crippen LogP contribution in [-0.2, 0) is 4.79 Å². The summed E-state index contributed by atoms with van der Waals surface area (Å²) in [4.78, 5) is 10.4. The van der Waals surface area contributed by atoms with Crippen LogP contribution in [0.5, 0.6) is 0 Å². The van der Waals surface area contributed by atoms with E-state index in [-0.39, 0.29) is 6.42 Å². The molecule has 0 spiro atoms. The maximum atomic E-state index is 10.4. The van der Waals surface area contributed by atoms with Crippen molar-refractivity contribution in [3.63, 3.8) is 0 Å². The Morgan fingerprint density at radius 2 is 2.00 bits per heavy atom. The number of hydrogen-bond acceptors (Lipinski definition) is 2. The van der Waals surface area contributed by atoms with Crippen LogP contribution in [0.2, 0.25) is 0 Å². The van der Waals surface area contributed by atoms with Crippen LogP contribution in [0.1, 0.15) is 29.2 Å². The average molecular weight is 194 g/mol. The van der Waals surface area contributed by atoms with Crippen molar-refractivity contribution in [3.05, 3.63) is 34.9 Å². The number of aliphatic hydroxyl groups is 1. The second-order valence-electron chi connectivity index (χ2n) is 3.46. The van der Waals surface area contributed by atoms with Crippen LogP contribution in [0.25, 0.3) is 0 Å². The van der Waals surface area contributed by atoms with Gasteiger partial charge in [0.1, 0.15) is 0 Å². The Balaban J connectivity index is 2.85. The van der Waals surface area contributed by atoms with Crippen LogP contribution in [0.15, 0.2) is 18.2 Å². The molecule has 1 aromatic carbocycles. The highest BCUT2D eigenvalue weighted by Crippen LogP contribution is 2.19. The third-order valence-electron chi connectivity index (χ3n) is 2.28. The molecule has 2 N–H and O–H groups in total. The molecule has 0 bridgehead atoms. The van der Waals surface area contributed by atoms with E-state index in [0.717, 1.165) is 11.1 Å². The zero-order valence-corrected chi connectivity index (χ0v) is 8.32. The topological polar surface area (TPSA) is 57.5 Å². The summed E-state index contributed by atoms with van der Waals surface area (Å²) >= 11 is 0. The molecule has 0 aliphatic rings. The van der Waals surface area contributed by atoms with E-state index in [0.29, 0.717) is 5.56 Å². The van der Waals surface area contributed by atoms with E-state index < -0.39 is 12.1 Å². The van der Waals surface area contributed by atoms with Gasteiger partial charge in [0.2, 0.25) is 0 Å². The fourth-order valence-electron chi connectivity index (χ4n) is 1.26. The number of benzene rings is 1. The molecule has 0 aromatic heterocycles. The minimum absolute atomic E-state index is 0.248. The fourth-order valence-corrected chi connectivity index (χ4v) is 1.26. The first-order valence-electron chi connectivity index (χ1n) is 4.47. The molecule has 0 saturated heterocycles. The molecular weight excluding hydrogens is 180 g/mol. The summed E-state index contributed by atoms with van der Waals surface area (Å²) in [5, 5.41) is 18.0. The summed E-state index contributed by atoms with van der Waals surface area (Å²) < 4.78 is 0. The van der Waals surface area contributed by atoms with Crippen molar-refractivity contribution in [2.75, 3.05) is 0 Å². The third-order valence-corrected chi connectivity index (χ3v) is 2.28. The normalized spacial score (nSPS) is 12.5. The van der Waals surface area contributed by atoms with E-state index in [1.165, 1.54) is 0 Å². The minimum atomic E-state index is -0.990. The molecule has 0 heterocycles. The lowest BCUT2D eigenvalue weighted by Crippen LogP contribution is -2.05. The molecule has 1 rings (SSSR count). The Hall–Kier alpha value is -1.35. The highest BCUT2D eigenvalue weighted by molar-refractivity contribution is 5.67. The maximum absolute atomic E-state index is 10.4. The number of hydrogen-bond donors (Lipinski definition) is 2. The van der Waals surface area contributed by atoms with Crippen molar-refractivity contribution in [2.45, 2.75) is 26.4 Å². The summed E-state index contributed by atoms with van der Waals surface area (Å²) in [5.41, 5.74) is 2.86. The standard InChI is InChI=1S/C11H14O3/c1-7-3-4-9(5-8(7)2)10(12)6-11(13)14/h3-5,10,12H,6H2,1-2H3,(H,13,14). The third kappa shape index (κ3) is 2.57. The Kier molecular flexibility index (Phi) is 3.25. The van der Waals surface area contributed by atoms with Gasteiger partial charge in [0, 0.05) is 0 Å². The first-order valence-corrected chi connectivity index (χ1v) is 4.47. The molecule has 0 radical (unpaired) electrons. The molecule has 0 aliphatic carbocycles. The zero-order chi connectivity index (χ0) is 10.7. The van der Waals surface area contributed by atoms with Gasteiger partial charge in [0.15, 0.2) is 0 Å². The van der Waals surface area contributed by atoms with Crippen molar-refractivity contribution < 1.29 is 15.0 Å². The highest BCUT2D eigenvalue weighted by atomic mass is 16.4. The average Bonchev–Trinajstić information content (AvgIpc) is 2.08. The first-order chi connectivity index (χ1) is 6.50. The van der Waals surface area contributed by atoms with Gasteiger partial charge in [-0.05, 0) is 30.5 Å². The second kappa shape index (κ2) is 4.24. The van der Waals surface area contributed by atoms with Crippen molar-refractivity contribution in [2.24, 2.45) is 0 Å². The molecule has 0 aliphatic heterocycles. The Bertz CT molecular complexity index is 344. The highest BCUT2D eigenvalue weighted by Gasteiger charge is 2.12. The van der Waals surface area contributed by atoms with Crippen molar-refractivity contribution >= 4 is 5.97 Å². The van der Waals surface area contributed by atoms with Crippen LogP contribution in [0, 0.1) is 13.8 Å². The molecule has 3 nitrogen and oxygen atoms in total. The van der Waals surface area contributed by atoms with Crippen LogP contribution >= 0.6 is 0 Å². The second-order valence-corrected chi connectivity index (χ2v) is 3.46. The summed E-state index contributed by atoms with van der Waals surface area (Å²) in [5.74, 6) is -0.990. The lowest BCUT2D eigenvalue weighted by Gasteiger charge is -2.10. The number of aliphatic hydroxyl groups excluding tert-OH is 1. The van der Waals surface area contributed by atoms with Gasteiger partial charge in [-0.3, -0.25) is 4.79 Å². The molecule has 0 amide bonds. The molecule has 0 fully saturated rings. The molecule has 0 saturated carbocycles. The van der Waals surface area contributed by atoms with E-state index in [4.69, 9.17) is 5.11 Å². The summed E-state index contributed by atoms with van der Waals surface area (Å²) in [6, 6.07) is 5.47. The number of aryl methyl sites for hydroxylation is 2. The van der Waals surface area contributed by atoms with E-state index in [1.54, 1.807) is 6.07 Å². The smallest absolute Gasteiger partial charge is 0.306 e. The monoisotopic (exact) mass is 194 g/mol. The molecule has 76 valence electrons. The van der Waals surface area contributed by atoms with Gasteiger partial charge < -0.3 is 10.2 Å². The maximum Gasteiger partial charge on any atom is 0.306 e. The number of aliphatic carboxylic acids is 1. The number of rotatable bonds is 3. The van der Waals surface area contributed by atoms with Gasteiger partial charge in [-0.1, -0.05) is 18.2 Å². The Morgan fingerprint density at radius 1 is 1.36 bits per heavy atom. The van der Waals surface area contributed by atoms with E-state index in [1.807, 2.05) is 26.0 Å². The quantitative estimate of drug-likeness (QED) is 0.771. The van der Waals surface area contributed by atoms with Crippen LogP contribution in [0.4, 0.5) is 0 Å². The summed E-state index contributed by atoms with van der Waals surface area (Å²) in [7, 11) is 0. The lowest BCUT2D eigenvalue weighted by atomic mass is 10.0. The van der Waals surface area contributed by atoms with Crippen LogP contribution in [-0.4, -0.2) is 16.2 Å². The van der Waals surface area contributed by atoms with Gasteiger partial charge in [0.25, 0.3) is 0 Å². The zero-order valence-electron chi connectivity index (χ0n) is 8.32. The van der Waals surface area contributed by atoms with Crippen molar-refractivity contribution in [1.29, 1.82) is 0 Å². The van der Waals surface area contributed by atoms with E-state index in [9.17, 15) is 9.90 Å². The minimum Gasteiger partial charge on any atom is -0.481 e.